The molecule has 0 atom stereocenters. The zero-order chi connectivity index (χ0) is 16.2. The van der Waals surface area contributed by atoms with Gasteiger partial charge in [0.1, 0.15) is 17.5 Å². The standard InChI is InChI=1S/C14H11FN8/c1-9-6-18-23(8-9)13-3-2-11(15)4-12(13)17-7-10(5-16)14-19-21-22-20-14/h2-4,6-8,17H,1H3,(H,19,20,21,22). The lowest BCUT2D eigenvalue weighted by Crippen LogP contribution is -2.02. The average Bonchev–Trinajstić information content (AvgIpc) is 3.20. The smallest absolute Gasteiger partial charge is 0.216 e. The topological polar surface area (TPSA) is 108 Å². The molecule has 0 fully saturated rings. The fourth-order valence-corrected chi connectivity index (χ4v) is 1.94. The number of aryl methyl sites for hydroxylation is 1. The molecule has 2 N–H and O–H groups in total. The van der Waals surface area contributed by atoms with E-state index in [1.54, 1.807) is 16.9 Å². The zero-order valence-electron chi connectivity index (χ0n) is 12.0. The highest BCUT2D eigenvalue weighted by atomic mass is 19.1. The highest BCUT2D eigenvalue weighted by Crippen LogP contribution is 2.22. The van der Waals surface area contributed by atoms with Gasteiger partial charge in [0.25, 0.3) is 0 Å². The molecule has 114 valence electrons. The van der Waals surface area contributed by atoms with Crippen LogP contribution in [0, 0.1) is 24.1 Å². The predicted molar refractivity (Wildman–Crippen MR) is 79.6 cm³/mol. The summed E-state index contributed by atoms with van der Waals surface area (Å²) in [5, 5.41) is 29.4. The summed E-state index contributed by atoms with van der Waals surface area (Å²) in [6.07, 6.45) is 4.90. The number of hydrogen-bond donors (Lipinski definition) is 2. The minimum atomic E-state index is -0.411. The van der Waals surface area contributed by atoms with Gasteiger partial charge in [-0.3, -0.25) is 0 Å². The fourth-order valence-electron chi connectivity index (χ4n) is 1.94. The Labute approximate surface area is 130 Å². The maximum atomic E-state index is 13.6. The van der Waals surface area contributed by atoms with Crippen LogP contribution in [0.2, 0.25) is 0 Å². The van der Waals surface area contributed by atoms with Crippen LogP contribution in [0.4, 0.5) is 10.1 Å². The maximum Gasteiger partial charge on any atom is 0.216 e. The van der Waals surface area contributed by atoms with Crippen LogP contribution < -0.4 is 5.32 Å². The molecule has 0 bridgehead atoms. The Balaban J connectivity index is 1.96. The van der Waals surface area contributed by atoms with E-state index in [9.17, 15) is 4.39 Å². The molecule has 2 heterocycles. The first-order valence-electron chi connectivity index (χ1n) is 6.59. The number of aromatic amines is 1. The molecule has 1 aromatic carbocycles. The lowest BCUT2D eigenvalue weighted by molar-refractivity contribution is 0.627. The number of benzene rings is 1. The van der Waals surface area contributed by atoms with Crippen LogP contribution in [-0.4, -0.2) is 30.4 Å². The molecule has 9 heteroatoms. The van der Waals surface area contributed by atoms with E-state index in [-0.39, 0.29) is 11.4 Å². The van der Waals surface area contributed by atoms with Gasteiger partial charge in [-0.2, -0.15) is 15.6 Å². The summed E-state index contributed by atoms with van der Waals surface area (Å²) in [6, 6.07) is 6.20. The number of anilines is 1. The monoisotopic (exact) mass is 310 g/mol. The van der Waals surface area contributed by atoms with Crippen molar-refractivity contribution >= 4 is 11.3 Å². The van der Waals surface area contributed by atoms with E-state index in [0.717, 1.165) is 5.56 Å². The van der Waals surface area contributed by atoms with E-state index in [2.05, 4.69) is 31.0 Å². The Hall–Kier alpha value is -3.54. The van der Waals surface area contributed by atoms with Gasteiger partial charge in [-0.15, -0.1) is 10.2 Å². The minimum Gasteiger partial charge on any atom is -0.358 e. The van der Waals surface area contributed by atoms with Gasteiger partial charge in [-0.25, -0.2) is 9.07 Å². The molecule has 0 aliphatic heterocycles. The summed E-state index contributed by atoms with van der Waals surface area (Å²) in [6.45, 7) is 1.91. The molecule has 0 aliphatic rings. The van der Waals surface area contributed by atoms with Crippen molar-refractivity contribution in [2.24, 2.45) is 0 Å². The molecule has 0 amide bonds. The number of aromatic nitrogens is 6. The van der Waals surface area contributed by atoms with Crippen LogP contribution in [0.3, 0.4) is 0 Å². The molecule has 0 spiro atoms. The van der Waals surface area contributed by atoms with Crippen molar-refractivity contribution in [1.82, 2.24) is 30.4 Å². The highest BCUT2D eigenvalue weighted by Gasteiger charge is 2.09. The third-order valence-corrected chi connectivity index (χ3v) is 3.00. The third-order valence-electron chi connectivity index (χ3n) is 3.00. The Morgan fingerprint density at radius 1 is 1.48 bits per heavy atom. The van der Waals surface area contributed by atoms with Gasteiger partial charge in [0.2, 0.25) is 5.82 Å². The van der Waals surface area contributed by atoms with Gasteiger partial charge < -0.3 is 5.32 Å². The largest absolute Gasteiger partial charge is 0.358 e. The van der Waals surface area contributed by atoms with E-state index in [1.807, 2.05) is 19.2 Å². The number of halogens is 1. The van der Waals surface area contributed by atoms with Crippen molar-refractivity contribution in [3.8, 4) is 11.8 Å². The van der Waals surface area contributed by atoms with Crippen LogP contribution >= 0.6 is 0 Å². The number of hydrogen-bond acceptors (Lipinski definition) is 6. The molecule has 8 nitrogen and oxygen atoms in total. The van der Waals surface area contributed by atoms with Crippen molar-refractivity contribution in [3.05, 3.63) is 54.0 Å². The lowest BCUT2D eigenvalue weighted by atomic mass is 10.2. The van der Waals surface area contributed by atoms with Crippen LogP contribution in [0.1, 0.15) is 11.4 Å². The first kappa shape index (κ1) is 14.4. The molecule has 0 saturated heterocycles. The number of tetrazole rings is 1. The molecule has 0 aliphatic carbocycles. The van der Waals surface area contributed by atoms with Gasteiger partial charge in [-0.05, 0) is 35.9 Å². The maximum absolute atomic E-state index is 13.6. The Kier molecular flexibility index (Phi) is 3.80. The second-order valence-corrected chi connectivity index (χ2v) is 4.67. The van der Waals surface area contributed by atoms with E-state index in [4.69, 9.17) is 5.26 Å². The van der Waals surface area contributed by atoms with Crippen LogP contribution in [0.5, 0.6) is 0 Å². The number of allylic oxidation sites excluding steroid dienone is 1. The summed E-state index contributed by atoms with van der Waals surface area (Å²) < 4.78 is 15.2. The number of rotatable bonds is 4. The van der Waals surface area contributed by atoms with Gasteiger partial charge in [0, 0.05) is 12.4 Å². The summed E-state index contributed by atoms with van der Waals surface area (Å²) in [5.74, 6) is -0.264. The molecule has 0 radical (unpaired) electrons. The third kappa shape index (κ3) is 3.06. The summed E-state index contributed by atoms with van der Waals surface area (Å²) in [7, 11) is 0. The second kappa shape index (κ2) is 6.07. The van der Waals surface area contributed by atoms with Crippen molar-refractivity contribution in [1.29, 1.82) is 5.26 Å². The van der Waals surface area contributed by atoms with Crippen molar-refractivity contribution in [3.63, 3.8) is 0 Å². The average molecular weight is 310 g/mol. The van der Waals surface area contributed by atoms with E-state index in [1.165, 1.54) is 18.3 Å². The molecule has 3 rings (SSSR count). The molecule has 23 heavy (non-hydrogen) atoms. The van der Waals surface area contributed by atoms with E-state index < -0.39 is 5.82 Å². The Morgan fingerprint density at radius 3 is 3.00 bits per heavy atom. The Morgan fingerprint density at radius 2 is 2.35 bits per heavy atom. The summed E-state index contributed by atoms with van der Waals surface area (Å²) >= 11 is 0. The van der Waals surface area contributed by atoms with Gasteiger partial charge in [-0.1, -0.05) is 0 Å². The normalized spacial score (nSPS) is 11.3. The van der Waals surface area contributed by atoms with Crippen LogP contribution in [-0.2, 0) is 0 Å². The molecule has 2 aromatic heterocycles. The molecular formula is C14H11FN8. The van der Waals surface area contributed by atoms with Crippen molar-refractivity contribution in [2.45, 2.75) is 6.92 Å². The first-order valence-corrected chi connectivity index (χ1v) is 6.59. The van der Waals surface area contributed by atoms with E-state index in [0.29, 0.717) is 11.4 Å². The summed E-state index contributed by atoms with van der Waals surface area (Å²) in [5.41, 5.74) is 2.22. The predicted octanol–water partition coefficient (Wildman–Crippen LogP) is 1.81. The number of H-pyrrole nitrogens is 1. The number of nitrogens with zero attached hydrogens (tertiary/aromatic N) is 6. The SMILES string of the molecule is Cc1cnn(-c2ccc(F)cc2NC=C(C#N)c2nn[nH]n2)c1. The van der Waals surface area contributed by atoms with E-state index >= 15 is 0 Å². The van der Waals surface area contributed by atoms with Gasteiger partial charge in [0.05, 0.1) is 17.6 Å². The first-order chi connectivity index (χ1) is 11.2. The number of nitrogens with one attached hydrogen (secondary N) is 2. The second-order valence-electron chi connectivity index (χ2n) is 4.67. The fraction of sp³-hybridized carbons (Fsp3) is 0.0714. The Bertz CT molecular complexity index is 888. The van der Waals surface area contributed by atoms with Crippen LogP contribution in [0.15, 0.2) is 36.8 Å². The molecular weight excluding hydrogens is 299 g/mol. The minimum absolute atomic E-state index is 0.146. The molecule has 0 saturated carbocycles. The summed E-state index contributed by atoms with van der Waals surface area (Å²) in [4.78, 5) is 0. The lowest BCUT2D eigenvalue weighted by Gasteiger charge is -2.09. The van der Waals surface area contributed by atoms with Crippen LogP contribution in [0.25, 0.3) is 11.3 Å². The van der Waals surface area contributed by atoms with Gasteiger partial charge >= 0.3 is 0 Å². The zero-order valence-corrected chi connectivity index (χ0v) is 12.0. The molecule has 3 aromatic rings. The quantitative estimate of drug-likeness (QED) is 0.711. The van der Waals surface area contributed by atoms with Gasteiger partial charge in [0.15, 0.2) is 0 Å². The van der Waals surface area contributed by atoms with Crippen molar-refractivity contribution < 1.29 is 4.39 Å². The van der Waals surface area contributed by atoms with Crippen molar-refractivity contribution in [2.75, 3.05) is 5.32 Å². The highest BCUT2D eigenvalue weighted by molar-refractivity contribution is 5.75. The number of nitriles is 1. The molecule has 0 unspecified atom stereocenters.